The number of hydrogen-bond acceptors (Lipinski definition) is 3. The molecule has 1 heterocycles. The second kappa shape index (κ2) is 6.18. The SMILES string of the molecule is ON=Cc1nn(-c2cc(F)ccc2F)c(-c2ccccc2)c1Cl. The number of rotatable bonds is 3. The minimum Gasteiger partial charge on any atom is -0.411 e. The summed E-state index contributed by atoms with van der Waals surface area (Å²) in [5, 5.41) is 15.9. The summed E-state index contributed by atoms with van der Waals surface area (Å²) in [7, 11) is 0. The maximum atomic E-state index is 14.1. The molecule has 0 spiro atoms. The van der Waals surface area contributed by atoms with Gasteiger partial charge in [-0.1, -0.05) is 47.1 Å². The van der Waals surface area contributed by atoms with Gasteiger partial charge in [0.25, 0.3) is 0 Å². The van der Waals surface area contributed by atoms with Crippen LogP contribution in [0.5, 0.6) is 0 Å². The van der Waals surface area contributed by atoms with Crippen LogP contribution in [-0.4, -0.2) is 21.2 Å². The normalized spacial score (nSPS) is 11.3. The predicted molar refractivity (Wildman–Crippen MR) is 83.3 cm³/mol. The van der Waals surface area contributed by atoms with Gasteiger partial charge in [-0.15, -0.1) is 0 Å². The molecule has 0 bridgehead atoms. The molecular weight excluding hydrogens is 324 g/mol. The molecule has 0 aliphatic heterocycles. The van der Waals surface area contributed by atoms with E-state index in [1.165, 1.54) is 4.68 Å². The van der Waals surface area contributed by atoms with Gasteiger partial charge in [0.15, 0.2) is 0 Å². The molecule has 1 N–H and O–H groups in total. The minimum atomic E-state index is -0.657. The zero-order valence-electron chi connectivity index (χ0n) is 11.6. The molecule has 116 valence electrons. The molecule has 3 rings (SSSR count). The Labute approximate surface area is 135 Å². The lowest BCUT2D eigenvalue weighted by atomic mass is 10.1. The zero-order chi connectivity index (χ0) is 16.4. The van der Waals surface area contributed by atoms with E-state index in [0.29, 0.717) is 11.3 Å². The highest BCUT2D eigenvalue weighted by molar-refractivity contribution is 6.35. The third kappa shape index (κ3) is 2.80. The van der Waals surface area contributed by atoms with Crippen LogP contribution in [0.2, 0.25) is 5.02 Å². The van der Waals surface area contributed by atoms with E-state index in [1.54, 1.807) is 24.3 Å². The second-order valence-electron chi connectivity index (χ2n) is 4.67. The van der Waals surface area contributed by atoms with Crippen LogP contribution in [0, 0.1) is 11.6 Å². The minimum absolute atomic E-state index is 0.0941. The molecule has 2 aromatic carbocycles. The molecule has 0 saturated heterocycles. The van der Waals surface area contributed by atoms with Gasteiger partial charge in [0.2, 0.25) is 0 Å². The molecule has 0 radical (unpaired) electrons. The van der Waals surface area contributed by atoms with Crippen molar-refractivity contribution in [2.24, 2.45) is 5.16 Å². The average molecular weight is 334 g/mol. The van der Waals surface area contributed by atoms with Crippen molar-refractivity contribution < 1.29 is 14.0 Å². The van der Waals surface area contributed by atoms with Crippen molar-refractivity contribution in [1.29, 1.82) is 0 Å². The van der Waals surface area contributed by atoms with Crippen LogP contribution >= 0.6 is 11.6 Å². The highest BCUT2D eigenvalue weighted by Crippen LogP contribution is 2.33. The summed E-state index contributed by atoms with van der Waals surface area (Å²) in [6.45, 7) is 0. The molecule has 1 aromatic heterocycles. The molecule has 7 heteroatoms. The molecule has 0 aliphatic rings. The number of halogens is 3. The maximum absolute atomic E-state index is 14.1. The molecule has 0 aliphatic carbocycles. The van der Waals surface area contributed by atoms with E-state index in [4.69, 9.17) is 16.8 Å². The van der Waals surface area contributed by atoms with E-state index >= 15 is 0 Å². The van der Waals surface area contributed by atoms with Gasteiger partial charge >= 0.3 is 0 Å². The lowest BCUT2D eigenvalue weighted by Crippen LogP contribution is -2.03. The summed E-state index contributed by atoms with van der Waals surface area (Å²) in [5.74, 6) is -1.26. The summed E-state index contributed by atoms with van der Waals surface area (Å²) in [5.41, 5.74) is 1.07. The van der Waals surface area contributed by atoms with Crippen molar-refractivity contribution in [3.05, 3.63) is 70.9 Å². The summed E-state index contributed by atoms with van der Waals surface area (Å²) >= 11 is 6.28. The lowest BCUT2D eigenvalue weighted by Gasteiger charge is -2.09. The number of aromatic nitrogens is 2. The molecule has 0 unspecified atom stereocenters. The molecule has 0 saturated carbocycles. The first-order valence-electron chi connectivity index (χ1n) is 6.58. The highest BCUT2D eigenvalue weighted by Gasteiger charge is 2.20. The molecule has 3 aromatic rings. The first-order valence-corrected chi connectivity index (χ1v) is 6.96. The highest BCUT2D eigenvalue weighted by atomic mass is 35.5. The van der Waals surface area contributed by atoms with Gasteiger partial charge < -0.3 is 5.21 Å². The first kappa shape index (κ1) is 15.2. The van der Waals surface area contributed by atoms with Gasteiger partial charge in [-0.3, -0.25) is 0 Å². The quantitative estimate of drug-likeness (QED) is 0.442. The van der Waals surface area contributed by atoms with Gasteiger partial charge in [-0.05, 0) is 12.1 Å². The van der Waals surface area contributed by atoms with Crippen LogP contribution in [-0.2, 0) is 0 Å². The monoisotopic (exact) mass is 333 g/mol. The molecule has 4 nitrogen and oxygen atoms in total. The van der Waals surface area contributed by atoms with E-state index in [0.717, 1.165) is 24.4 Å². The second-order valence-corrected chi connectivity index (χ2v) is 5.04. The van der Waals surface area contributed by atoms with Gasteiger partial charge in [-0.2, -0.15) is 5.10 Å². The number of oxime groups is 1. The van der Waals surface area contributed by atoms with E-state index in [2.05, 4.69) is 10.3 Å². The fraction of sp³-hybridized carbons (Fsp3) is 0. The van der Waals surface area contributed by atoms with Crippen LogP contribution in [0.3, 0.4) is 0 Å². The van der Waals surface area contributed by atoms with Crippen molar-refractivity contribution in [3.63, 3.8) is 0 Å². The molecular formula is C16H10ClF2N3O. The topological polar surface area (TPSA) is 50.4 Å². The molecule has 0 fully saturated rings. The predicted octanol–water partition coefficient (Wildman–Crippen LogP) is 4.28. The van der Waals surface area contributed by atoms with Gasteiger partial charge in [-0.25, -0.2) is 13.5 Å². The third-order valence-electron chi connectivity index (χ3n) is 3.22. The van der Waals surface area contributed by atoms with Gasteiger partial charge in [0.05, 0.1) is 16.9 Å². The maximum Gasteiger partial charge on any atom is 0.149 e. The van der Waals surface area contributed by atoms with E-state index < -0.39 is 11.6 Å². The van der Waals surface area contributed by atoms with Crippen LogP contribution in [0.15, 0.2) is 53.7 Å². The fourth-order valence-electron chi connectivity index (χ4n) is 2.22. The number of hydrogen-bond donors (Lipinski definition) is 1. The van der Waals surface area contributed by atoms with E-state index in [-0.39, 0.29) is 16.4 Å². The molecule has 0 amide bonds. The Bertz CT molecular complexity index is 879. The lowest BCUT2D eigenvalue weighted by molar-refractivity contribution is 0.321. The zero-order valence-corrected chi connectivity index (χ0v) is 12.4. The Morgan fingerprint density at radius 1 is 1.13 bits per heavy atom. The smallest absolute Gasteiger partial charge is 0.149 e. The van der Waals surface area contributed by atoms with Crippen LogP contribution < -0.4 is 0 Å². The summed E-state index contributed by atoms with van der Waals surface area (Å²) < 4.78 is 28.8. The van der Waals surface area contributed by atoms with Gasteiger partial charge in [0, 0.05) is 11.6 Å². The molecule has 0 atom stereocenters. The number of benzene rings is 2. The fourth-order valence-corrected chi connectivity index (χ4v) is 2.50. The van der Waals surface area contributed by atoms with Crippen molar-refractivity contribution in [1.82, 2.24) is 9.78 Å². The largest absolute Gasteiger partial charge is 0.411 e. The Hall–Kier alpha value is -2.73. The Morgan fingerprint density at radius 3 is 2.57 bits per heavy atom. The Balaban J connectivity index is 2.32. The summed E-state index contributed by atoms with van der Waals surface area (Å²) in [6, 6.07) is 11.9. The van der Waals surface area contributed by atoms with Gasteiger partial charge in [0.1, 0.15) is 23.0 Å². The molecule has 23 heavy (non-hydrogen) atoms. The van der Waals surface area contributed by atoms with Crippen molar-refractivity contribution in [2.75, 3.05) is 0 Å². The van der Waals surface area contributed by atoms with Crippen molar-refractivity contribution >= 4 is 17.8 Å². The van der Waals surface area contributed by atoms with E-state index in [9.17, 15) is 8.78 Å². The summed E-state index contributed by atoms with van der Waals surface area (Å²) in [6.07, 6.45) is 1.03. The van der Waals surface area contributed by atoms with E-state index in [1.807, 2.05) is 6.07 Å². The number of nitrogens with zero attached hydrogens (tertiary/aromatic N) is 3. The van der Waals surface area contributed by atoms with Crippen LogP contribution in [0.1, 0.15) is 5.69 Å². The van der Waals surface area contributed by atoms with Crippen molar-refractivity contribution in [2.45, 2.75) is 0 Å². The first-order chi connectivity index (χ1) is 11.1. The van der Waals surface area contributed by atoms with Crippen molar-refractivity contribution in [3.8, 4) is 16.9 Å². The Kier molecular flexibility index (Phi) is 4.08. The van der Waals surface area contributed by atoms with Crippen LogP contribution in [0.25, 0.3) is 16.9 Å². The Morgan fingerprint density at radius 2 is 1.87 bits per heavy atom. The van der Waals surface area contributed by atoms with Crippen LogP contribution in [0.4, 0.5) is 8.78 Å². The average Bonchev–Trinajstić information content (AvgIpc) is 2.88. The third-order valence-corrected chi connectivity index (χ3v) is 3.59. The standard InChI is InChI=1S/C16H10ClF2N3O/c17-15-13(9-20-23)21-22(14-8-11(18)6-7-12(14)19)16(15)10-4-2-1-3-5-10/h1-9,23H. The summed E-state index contributed by atoms with van der Waals surface area (Å²) in [4.78, 5) is 0.